The van der Waals surface area contributed by atoms with Gasteiger partial charge in [0.25, 0.3) is 0 Å². The van der Waals surface area contributed by atoms with Crippen LogP contribution in [0, 0.1) is 23.7 Å². The lowest BCUT2D eigenvalue weighted by Crippen LogP contribution is -2.57. The van der Waals surface area contributed by atoms with Gasteiger partial charge in [-0.15, -0.1) is 0 Å². The average Bonchev–Trinajstić information content (AvgIpc) is 2.99. The van der Waals surface area contributed by atoms with Gasteiger partial charge in [-0.05, 0) is 85.4 Å². The van der Waals surface area contributed by atoms with Crippen LogP contribution in [0.5, 0.6) is 0 Å². The van der Waals surface area contributed by atoms with E-state index in [1.54, 1.807) is 0 Å². The maximum Gasteiger partial charge on any atom is 0.0536 e. The summed E-state index contributed by atoms with van der Waals surface area (Å²) in [6.07, 6.45) is 16.7. The van der Waals surface area contributed by atoms with E-state index in [-0.39, 0.29) is 0 Å². The third kappa shape index (κ3) is 4.69. The SMILES string of the molecule is C1=Cc2c1ccc(P(c1ccccc1)c1ccccc1)c2N(C/C=C/c1ccccc1)C1C2CC3CC(C2)CC1C3. The molecule has 0 N–H and O–H groups in total. The Morgan fingerprint density at radius 1 is 0.634 bits per heavy atom. The predicted octanol–water partition coefficient (Wildman–Crippen LogP) is 8.27. The Kier molecular flexibility index (Phi) is 6.65. The molecule has 204 valence electrons. The summed E-state index contributed by atoms with van der Waals surface area (Å²) in [5, 5.41) is 4.38. The Labute approximate surface area is 246 Å². The summed E-state index contributed by atoms with van der Waals surface area (Å²) >= 11 is 0. The summed E-state index contributed by atoms with van der Waals surface area (Å²) in [7, 11) is -0.688. The number of hydrogen-bond acceptors (Lipinski definition) is 1. The van der Waals surface area contributed by atoms with Gasteiger partial charge in [-0.2, -0.15) is 0 Å². The van der Waals surface area contributed by atoms with Crippen LogP contribution in [0.25, 0.3) is 18.2 Å². The zero-order chi connectivity index (χ0) is 27.2. The quantitative estimate of drug-likeness (QED) is 0.176. The first-order valence-corrected chi connectivity index (χ1v) is 16.9. The van der Waals surface area contributed by atoms with Crippen molar-refractivity contribution in [1.29, 1.82) is 0 Å². The number of hydrogen-bond donors (Lipinski definition) is 0. The fourth-order valence-electron chi connectivity index (χ4n) is 8.71. The van der Waals surface area contributed by atoms with Crippen molar-refractivity contribution in [2.75, 3.05) is 11.4 Å². The highest BCUT2D eigenvalue weighted by Crippen LogP contribution is 2.56. The van der Waals surface area contributed by atoms with E-state index in [1.807, 2.05) is 0 Å². The summed E-state index contributed by atoms with van der Waals surface area (Å²) in [6.45, 7) is 0.964. The molecule has 9 rings (SSSR count). The van der Waals surface area contributed by atoms with Gasteiger partial charge < -0.3 is 4.90 Å². The minimum atomic E-state index is -0.688. The molecule has 0 saturated heterocycles. The number of nitrogens with zero attached hydrogens (tertiary/aromatic N) is 1. The van der Waals surface area contributed by atoms with Crippen molar-refractivity contribution < 1.29 is 0 Å². The van der Waals surface area contributed by atoms with Gasteiger partial charge in [0.2, 0.25) is 0 Å². The zero-order valence-electron chi connectivity index (χ0n) is 23.6. The highest BCUT2D eigenvalue weighted by molar-refractivity contribution is 7.80. The fourth-order valence-corrected chi connectivity index (χ4v) is 11.2. The molecule has 2 heteroatoms. The first-order chi connectivity index (χ1) is 20.3. The molecule has 4 fully saturated rings. The molecule has 4 aromatic rings. The second-order valence-electron chi connectivity index (χ2n) is 12.7. The van der Waals surface area contributed by atoms with Crippen molar-refractivity contribution in [3.8, 4) is 0 Å². The van der Waals surface area contributed by atoms with Crippen molar-refractivity contribution >= 4 is 47.8 Å². The largest absolute Gasteiger partial charge is 0.363 e. The molecule has 0 aliphatic heterocycles. The maximum absolute atomic E-state index is 2.91. The summed E-state index contributed by atoms with van der Waals surface area (Å²) in [5.74, 6) is 3.59. The minimum absolute atomic E-state index is 0.630. The molecule has 4 aromatic carbocycles. The molecule has 5 aliphatic carbocycles. The van der Waals surface area contributed by atoms with E-state index in [0.29, 0.717) is 6.04 Å². The molecule has 0 amide bonds. The lowest BCUT2D eigenvalue weighted by atomic mass is 9.53. The monoisotopic (exact) mass is 551 g/mol. The Balaban J connectivity index is 1.28. The van der Waals surface area contributed by atoms with Crippen LogP contribution in [0.4, 0.5) is 5.69 Å². The first-order valence-electron chi connectivity index (χ1n) is 15.6. The molecular formula is C39H38NP. The van der Waals surface area contributed by atoms with Gasteiger partial charge in [0, 0.05) is 23.5 Å². The summed E-state index contributed by atoms with van der Waals surface area (Å²) in [6, 6.07) is 38.9. The maximum atomic E-state index is 2.91. The molecule has 4 saturated carbocycles. The highest BCUT2D eigenvalue weighted by atomic mass is 31.1. The molecule has 0 atom stereocenters. The molecule has 1 nitrogen and oxygen atoms in total. The van der Waals surface area contributed by atoms with Crippen molar-refractivity contribution in [2.45, 2.75) is 38.1 Å². The minimum Gasteiger partial charge on any atom is -0.363 e. The second kappa shape index (κ2) is 10.8. The molecule has 5 aliphatic rings. The van der Waals surface area contributed by atoms with E-state index in [0.717, 1.165) is 30.2 Å². The number of anilines is 1. The van der Waals surface area contributed by atoms with E-state index in [9.17, 15) is 0 Å². The van der Waals surface area contributed by atoms with Crippen LogP contribution in [0.15, 0.2) is 109 Å². The van der Waals surface area contributed by atoms with Crippen LogP contribution in [0.2, 0.25) is 0 Å². The smallest absolute Gasteiger partial charge is 0.0536 e. The Morgan fingerprint density at radius 2 is 1.22 bits per heavy atom. The van der Waals surface area contributed by atoms with Gasteiger partial charge in [-0.3, -0.25) is 0 Å². The van der Waals surface area contributed by atoms with E-state index >= 15 is 0 Å². The van der Waals surface area contributed by atoms with Crippen LogP contribution in [-0.2, 0) is 0 Å². The molecule has 4 bridgehead atoms. The number of fused-ring (bicyclic) bond motifs is 1. The van der Waals surface area contributed by atoms with Crippen molar-refractivity contribution in [2.24, 2.45) is 23.7 Å². The van der Waals surface area contributed by atoms with Gasteiger partial charge in [-0.25, -0.2) is 0 Å². The van der Waals surface area contributed by atoms with E-state index < -0.39 is 7.92 Å². The lowest BCUT2D eigenvalue weighted by Gasteiger charge is -2.58. The third-order valence-corrected chi connectivity index (χ3v) is 12.6. The van der Waals surface area contributed by atoms with Crippen LogP contribution in [0.3, 0.4) is 0 Å². The molecule has 0 unspecified atom stereocenters. The molecular weight excluding hydrogens is 513 g/mol. The summed E-state index contributed by atoms with van der Waals surface area (Å²) < 4.78 is 0. The van der Waals surface area contributed by atoms with Gasteiger partial charge in [0.1, 0.15) is 0 Å². The van der Waals surface area contributed by atoms with E-state index in [4.69, 9.17) is 0 Å². The van der Waals surface area contributed by atoms with Crippen LogP contribution in [0.1, 0.15) is 48.8 Å². The predicted molar refractivity (Wildman–Crippen MR) is 178 cm³/mol. The topological polar surface area (TPSA) is 3.24 Å². The van der Waals surface area contributed by atoms with Gasteiger partial charge in [0.15, 0.2) is 0 Å². The number of benzene rings is 4. The zero-order valence-corrected chi connectivity index (χ0v) is 24.5. The summed E-state index contributed by atoms with van der Waals surface area (Å²) in [4.78, 5) is 2.91. The average molecular weight is 552 g/mol. The summed E-state index contributed by atoms with van der Waals surface area (Å²) in [5.41, 5.74) is 5.66. The normalized spacial score (nSPS) is 25.4. The first kappa shape index (κ1) is 25.3. The standard InChI is InChI=1S/C39H38NP/c1-4-11-28(12-5-1)13-10-22-40(38-32-24-29-23-30(26-32)27-33(38)25-29)39-36-20-18-31(36)19-21-37(39)41(34-14-6-2-7-15-34)35-16-8-3-9-17-35/h1-21,29-30,32-33,38H,22-27H2/b13-10+. The number of rotatable bonds is 8. The molecule has 0 spiro atoms. The second-order valence-corrected chi connectivity index (χ2v) is 14.8. The molecule has 41 heavy (non-hydrogen) atoms. The van der Waals surface area contributed by atoms with Crippen LogP contribution >= 0.6 is 7.92 Å². The van der Waals surface area contributed by atoms with Crippen LogP contribution in [-0.4, -0.2) is 12.6 Å². The molecule has 0 radical (unpaired) electrons. The highest BCUT2D eigenvalue weighted by Gasteiger charge is 2.50. The Hall–Kier alpha value is -3.41. The lowest BCUT2D eigenvalue weighted by molar-refractivity contribution is -0.00210. The van der Waals surface area contributed by atoms with E-state index in [2.05, 4.69) is 132 Å². The van der Waals surface area contributed by atoms with Crippen molar-refractivity contribution in [3.63, 3.8) is 0 Å². The van der Waals surface area contributed by atoms with Crippen molar-refractivity contribution in [3.05, 3.63) is 126 Å². The van der Waals surface area contributed by atoms with Crippen LogP contribution < -0.4 is 20.8 Å². The Bertz CT molecular complexity index is 1500. The van der Waals surface area contributed by atoms with Gasteiger partial charge in [0.05, 0.1) is 5.69 Å². The third-order valence-electron chi connectivity index (χ3n) is 10.2. The Morgan fingerprint density at radius 3 is 1.78 bits per heavy atom. The van der Waals surface area contributed by atoms with Gasteiger partial charge in [-0.1, -0.05) is 127 Å². The van der Waals surface area contributed by atoms with E-state index in [1.165, 1.54) is 70.4 Å². The molecule has 0 heterocycles. The van der Waals surface area contributed by atoms with Gasteiger partial charge >= 0.3 is 0 Å². The molecule has 0 aromatic heterocycles. The van der Waals surface area contributed by atoms with Crippen molar-refractivity contribution in [1.82, 2.24) is 0 Å². The fraction of sp³-hybridized carbons (Fsp3) is 0.282.